The van der Waals surface area contributed by atoms with Crippen molar-refractivity contribution in [2.75, 3.05) is 13.2 Å². The van der Waals surface area contributed by atoms with Gasteiger partial charge in [0.25, 0.3) is 0 Å². The first-order chi connectivity index (χ1) is 14.4. The third-order valence-corrected chi connectivity index (χ3v) is 21.2. The fourth-order valence-corrected chi connectivity index (χ4v) is 5.10. The van der Waals surface area contributed by atoms with E-state index in [-0.39, 0.29) is 15.1 Å². The summed E-state index contributed by atoms with van der Waals surface area (Å²) in [6.45, 7) is 34.1. The summed E-state index contributed by atoms with van der Waals surface area (Å²) in [4.78, 5) is 0. The van der Waals surface area contributed by atoms with Crippen LogP contribution in [0.25, 0.3) is 0 Å². The van der Waals surface area contributed by atoms with Crippen molar-refractivity contribution in [1.29, 1.82) is 0 Å². The van der Waals surface area contributed by atoms with Crippen LogP contribution in [0.15, 0.2) is 12.2 Å². The van der Waals surface area contributed by atoms with E-state index < -0.39 is 37.2 Å². The maximum absolute atomic E-state index is 10.9. The SMILES string of the molecule is CC(C)(C)[Si](C)(C)OCC#C[C@H](O)[C@@H](/C=C/CO[Si](C)(C)C(C)(C)C)O[Si](C)(C)C(C)(C)C. The topological polar surface area (TPSA) is 47.9 Å². The summed E-state index contributed by atoms with van der Waals surface area (Å²) in [5.74, 6) is 6.02. The Morgan fingerprint density at radius 2 is 1.15 bits per heavy atom. The highest BCUT2D eigenvalue weighted by Crippen LogP contribution is 2.39. The molecule has 0 aromatic heterocycles. The fraction of sp³-hybridized carbons (Fsp3) is 0.846. The molecule has 2 atom stereocenters. The maximum atomic E-state index is 10.9. The van der Waals surface area contributed by atoms with Crippen molar-refractivity contribution < 1.29 is 18.4 Å². The highest BCUT2D eigenvalue weighted by atomic mass is 28.4. The van der Waals surface area contributed by atoms with Crippen LogP contribution in [0.2, 0.25) is 54.4 Å². The lowest BCUT2D eigenvalue weighted by Gasteiger charge is -2.39. The van der Waals surface area contributed by atoms with Gasteiger partial charge in [0.2, 0.25) is 0 Å². The first-order valence-corrected chi connectivity index (χ1v) is 21.0. The van der Waals surface area contributed by atoms with Crippen LogP contribution >= 0.6 is 0 Å². The van der Waals surface area contributed by atoms with E-state index in [1.807, 2.05) is 12.2 Å². The minimum absolute atomic E-state index is 0.0370. The lowest BCUT2D eigenvalue weighted by atomic mass is 10.2. The lowest BCUT2D eigenvalue weighted by Crippen LogP contribution is -2.46. The Labute approximate surface area is 209 Å². The Bertz CT molecular complexity index is 696. The van der Waals surface area contributed by atoms with Crippen LogP contribution in [0.1, 0.15) is 62.3 Å². The van der Waals surface area contributed by atoms with Gasteiger partial charge < -0.3 is 18.4 Å². The molecule has 0 fully saturated rings. The zero-order chi connectivity index (χ0) is 26.5. The standard InChI is InChI=1S/C26H54O4Si3/c1-24(2,3)31(10,11)28-20-16-18-22(27)23(30-33(14,15)26(7,8)9)19-17-21-29-32(12,13)25(4,5)6/h17,19,22-23,27H,20-21H2,1-15H3/b19-17+/t22-,23+/m0/s1. The average Bonchev–Trinajstić information content (AvgIpc) is 2.58. The molecule has 0 rings (SSSR count). The number of aliphatic hydroxyl groups is 1. The lowest BCUT2D eigenvalue weighted by molar-refractivity contribution is 0.0930. The monoisotopic (exact) mass is 514 g/mol. The third kappa shape index (κ3) is 10.5. The van der Waals surface area contributed by atoms with Crippen molar-refractivity contribution in [2.24, 2.45) is 0 Å². The van der Waals surface area contributed by atoms with E-state index in [9.17, 15) is 5.11 Å². The molecule has 0 bridgehead atoms. The molecule has 194 valence electrons. The van der Waals surface area contributed by atoms with Crippen LogP contribution in [-0.4, -0.2) is 55.5 Å². The largest absolute Gasteiger partial charge is 0.413 e. The van der Waals surface area contributed by atoms with Crippen molar-refractivity contribution in [1.82, 2.24) is 0 Å². The molecule has 0 heterocycles. The van der Waals surface area contributed by atoms with E-state index in [4.69, 9.17) is 13.3 Å². The molecule has 0 aromatic carbocycles. The molecule has 0 saturated heterocycles. The van der Waals surface area contributed by atoms with Gasteiger partial charge in [-0.1, -0.05) is 86.3 Å². The van der Waals surface area contributed by atoms with Crippen molar-refractivity contribution in [3.63, 3.8) is 0 Å². The van der Waals surface area contributed by atoms with Gasteiger partial charge in [-0.2, -0.15) is 0 Å². The smallest absolute Gasteiger partial charge is 0.193 e. The van der Waals surface area contributed by atoms with Crippen molar-refractivity contribution >= 4 is 25.0 Å². The van der Waals surface area contributed by atoms with E-state index in [1.165, 1.54) is 0 Å². The van der Waals surface area contributed by atoms with E-state index in [0.717, 1.165) is 0 Å². The van der Waals surface area contributed by atoms with E-state index in [0.29, 0.717) is 13.2 Å². The third-order valence-electron chi connectivity index (χ3n) is 7.78. The number of aliphatic hydroxyl groups excluding tert-OH is 1. The van der Waals surface area contributed by atoms with Gasteiger partial charge in [0.1, 0.15) is 12.2 Å². The predicted molar refractivity (Wildman–Crippen MR) is 151 cm³/mol. The van der Waals surface area contributed by atoms with Gasteiger partial charge in [-0.25, -0.2) is 0 Å². The van der Waals surface area contributed by atoms with Crippen LogP contribution in [0, 0.1) is 11.8 Å². The summed E-state index contributed by atoms with van der Waals surface area (Å²) in [6, 6.07) is 0. The molecule has 0 aromatic rings. The number of hydrogen-bond donors (Lipinski definition) is 1. The van der Waals surface area contributed by atoms with Gasteiger partial charge in [-0.05, 0) is 54.4 Å². The van der Waals surface area contributed by atoms with Crippen molar-refractivity contribution in [3.05, 3.63) is 12.2 Å². The summed E-state index contributed by atoms with van der Waals surface area (Å²) in [6.07, 6.45) is 2.51. The molecule has 4 nitrogen and oxygen atoms in total. The van der Waals surface area contributed by atoms with Crippen molar-refractivity contribution in [3.8, 4) is 11.8 Å². The molecule has 0 amide bonds. The van der Waals surface area contributed by atoms with Gasteiger partial charge in [-0.15, -0.1) is 0 Å². The highest BCUT2D eigenvalue weighted by molar-refractivity contribution is 6.74. The molecular formula is C26H54O4Si3. The summed E-state index contributed by atoms with van der Waals surface area (Å²) >= 11 is 0. The summed E-state index contributed by atoms with van der Waals surface area (Å²) < 4.78 is 18.9. The van der Waals surface area contributed by atoms with Crippen LogP contribution in [-0.2, 0) is 13.3 Å². The van der Waals surface area contributed by atoms with Crippen molar-refractivity contribution in [2.45, 2.75) is 129 Å². The Morgan fingerprint density at radius 3 is 1.58 bits per heavy atom. The van der Waals surface area contributed by atoms with Gasteiger partial charge in [0.15, 0.2) is 25.0 Å². The maximum Gasteiger partial charge on any atom is 0.193 e. The van der Waals surface area contributed by atoms with Gasteiger partial charge in [-0.3, -0.25) is 0 Å². The highest BCUT2D eigenvalue weighted by Gasteiger charge is 2.40. The molecule has 7 heteroatoms. The second-order valence-electron chi connectivity index (χ2n) is 13.7. The molecule has 0 aliphatic rings. The normalized spacial score (nSPS) is 16.5. The Kier molecular flexibility index (Phi) is 11.6. The minimum Gasteiger partial charge on any atom is -0.413 e. The first kappa shape index (κ1) is 32.8. The molecule has 0 aliphatic heterocycles. The second kappa shape index (κ2) is 11.7. The van der Waals surface area contributed by atoms with Gasteiger partial charge >= 0.3 is 0 Å². The quantitative estimate of drug-likeness (QED) is 0.199. The molecule has 0 unspecified atom stereocenters. The van der Waals surface area contributed by atoms with Crippen LogP contribution in [0.3, 0.4) is 0 Å². The predicted octanol–water partition coefficient (Wildman–Crippen LogP) is 7.34. The summed E-state index contributed by atoms with van der Waals surface area (Å²) in [7, 11) is -5.78. The Balaban J connectivity index is 5.45. The molecule has 1 N–H and O–H groups in total. The van der Waals surface area contributed by atoms with Crippen LogP contribution in [0.4, 0.5) is 0 Å². The molecule has 33 heavy (non-hydrogen) atoms. The molecule has 0 aliphatic carbocycles. The summed E-state index contributed by atoms with van der Waals surface area (Å²) in [5.41, 5.74) is 0. The Morgan fingerprint density at radius 1 is 0.727 bits per heavy atom. The van der Waals surface area contributed by atoms with E-state index in [1.54, 1.807) is 0 Å². The fourth-order valence-electron chi connectivity index (χ4n) is 2.05. The minimum atomic E-state index is -2.10. The second-order valence-corrected chi connectivity index (χ2v) is 28.0. The number of rotatable bonds is 9. The summed E-state index contributed by atoms with van der Waals surface area (Å²) in [5, 5.41) is 11.2. The Hall–Kier alpha value is -0.209. The molecular weight excluding hydrogens is 461 g/mol. The van der Waals surface area contributed by atoms with Crippen LogP contribution < -0.4 is 0 Å². The first-order valence-electron chi connectivity index (χ1n) is 12.2. The zero-order valence-electron chi connectivity index (χ0n) is 24.4. The van der Waals surface area contributed by atoms with E-state index >= 15 is 0 Å². The molecule has 0 saturated carbocycles. The van der Waals surface area contributed by atoms with Gasteiger partial charge in [0.05, 0.1) is 13.2 Å². The zero-order valence-corrected chi connectivity index (χ0v) is 27.4. The van der Waals surface area contributed by atoms with Crippen LogP contribution in [0.5, 0.6) is 0 Å². The molecule has 0 radical (unpaired) electrons. The average molecular weight is 515 g/mol. The van der Waals surface area contributed by atoms with Gasteiger partial charge in [0, 0.05) is 0 Å². The molecule has 0 spiro atoms. The number of hydrogen-bond acceptors (Lipinski definition) is 4. The van der Waals surface area contributed by atoms with E-state index in [2.05, 4.69) is 113 Å².